The zero-order valence-corrected chi connectivity index (χ0v) is 17.7. The number of hydrogen-bond donors (Lipinski definition) is 2. The Balaban J connectivity index is 1.86. The fourth-order valence-corrected chi connectivity index (χ4v) is 6.53. The molecule has 1 aliphatic carbocycles. The molecule has 0 bridgehead atoms. The van der Waals surface area contributed by atoms with E-state index in [2.05, 4.69) is 20.8 Å². The van der Waals surface area contributed by atoms with Crippen LogP contribution in [0.15, 0.2) is 0 Å². The van der Waals surface area contributed by atoms with E-state index in [0.29, 0.717) is 13.0 Å². The molecule has 9 atom stereocenters. The molecule has 1 spiro atoms. The number of carbonyl (C=O) groups excluding carboxylic acids is 2. The normalized spacial score (nSPS) is 47.6. The second kappa shape index (κ2) is 6.64. The summed E-state index contributed by atoms with van der Waals surface area (Å²) < 4.78 is 23.0. The monoisotopic (exact) mass is 412 g/mol. The first-order chi connectivity index (χ1) is 13.4. The average molecular weight is 412 g/mol. The first-order valence-electron chi connectivity index (χ1n) is 10.4. The molecule has 3 aliphatic heterocycles. The van der Waals surface area contributed by atoms with Crippen LogP contribution in [0, 0.1) is 28.1 Å². The van der Waals surface area contributed by atoms with Gasteiger partial charge < -0.3 is 29.2 Å². The molecule has 4 aliphatic rings. The van der Waals surface area contributed by atoms with Crippen molar-refractivity contribution in [3.8, 4) is 0 Å². The smallest absolute Gasteiger partial charge is 0.308 e. The molecule has 0 radical (unpaired) electrons. The summed E-state index contributed by atoms with van der Waals surface area (Å²) in [5.74, 6) is -1.08. The Kier molecular flexibility index (Phi) is 4.81. The maximum atomic E-state index is 12.4. The summed E-state index contributed by atoms with van der Waals surface area (Å²) >= 11 is 0. The van der Waals surface area contributed by atoms with Crippen LogP contribution in [0.2, 0.25) is 0 Å². The SMILES string of the molecule is CC(=O)OC1C[C@@H](C(C)(C)C)C23CC(=O)OC2OCC13[C@@H](O)C1OC[C@@H](C)[C@H]1O. The lowest BCUT2D eigenvalue weighted by atomic mass is 9.54. The van der Waals surface area contributed by atoms with E-state index in [1.165, 1.54) is 6.92 Å². The maximum Gasteiger partial charge on any atom is 0.308 e. The van der Waals surface area contributed by atoms with E-state index in [1.54, 1.807) is 0 Å². The Hall–Kier alpha value is -1.22. The zero-order valence-electron chi connectivity index (χ0n) is 17.7. The van der Waals surface area contributed by atoms with Crippen LogP contribution in [-0.2, 0) is 28.5 Å². The molecule has 3 heterocycles. The third kappa shape index (κ3) is 2.72. The van der Waals surface area contributed by atoms with Crippen molar-refractivity contribution >= 4 is 11.9 Å². The molecular weight excluding hydrogens is 380 g/mol. The fourth-order valence-electron chi connectivity index (χ4n) is 6.53. The summed E-state index contributed by atoms with van der Waals surface area (Å²) in [6.07, 6.45) is -3.83. The van der Waals surface area contributed by atoms with Crippen LogP contribution < -0.4 is 0 Å². The molecule has 164 valence electrons. The van der Waals surface area contributed by atoms with Crippen molar-refractivity contribution in [2.75, 3.05) is 13.2 Å². The van der Waals surface area contributed by atoms with E-state index in [4.69, 9.17) is 18.9 Å². The van der Waals surface area contributed by atoms with Crippen LogP contribution in [-0.4, -0.2) is 66.1 Å². The lowest BCUT2D eigenvalue weighted by Crippen LogP contribution is -2.60. The molecule has 4 rings (SSSR count). The minimum atomic E-state index is -1.18. The highest BCUT2D eigenvalue weighted by Crippen LogP contribution is 2.72. The number of hydrogen-bond acceptors (Lipinski definition) is 8. The number of esters is 2. The standard InChI is InChI=1S/C21H32O8/c1-10-8-26-16(15(10)24)17(25)21-9-27-18-20(21,7-14(23)29-18)12(19(3,4)5)6-13(21)28-11(2)22/h10,12-13,15-18,24-25H,6-9H2,1-5H3/t10-,12+,13?,15-,16?,17+,18?,20?,21?/m1/s1. The van der Waals surface area contributed by atoms with Gasteiger partial charge in [-0.25, -0.2) is 0 Å². The number of aliphatic hydroxyl groups excluding tert-OH is 2. The molecule has 3 saturated heterocycles. The molecule has 29 heavy (non-hydrogen) atoms. The van der Waals surface area contributed by atoms with Crippen LogP contribution in [0.1, 0.15) is 47.5 Å². The van der Waals surface area contributed by atoms with E-state index in [0.717, 1.165) is 0 Å². The maximum absolute atomic E-state index is 12.4. The van der Waals surface area contributed by atoms with Crippen molar-refractivity contribution in [2.24, 2.45) is 28.1 Å². The molecule has 0 aromatic rings. The lowest BCUT2D eigenvalue weighted by molar-refractivity contribution is -0.185. The van der Waals surface area contributed by atoms with Crippen molar-refractivity contribution in [3.05, 3.63) is 0 Å². The average Bonchev–Trinajstić information content (AvgIpc) is 3.26. The summed E-state index contributed by atoms with van der Waals surface area (Å²) in [6.45, 7) is 9.80. The molecule has 8 heteroatoms. The van der Waals surface area contributed by atoms with Gasteiger partial charge in [0.2, 0.25) is 6.29 Å². The molecule has 1 saturated carbocycles. The second-order valence-corrected chi connectivity index (χ2v) is 10.4. The number of rotatable bonds is 3. The van der Waals surface area contributed by atoms with Crippen LogP contribution in [0.3, 0.4) is 0 Å². The van der Waals surface area contributed by atoms with Crippen molar-refractivity contribution in [2.45, 2.75) is 78.2 Å². The van der Waals surface area contributed by atoms with E-state index < -0.39 is 47.5 Å². The van der Waals surface area contributed by atoms with Gasteiger partial charge in [-0.1, -0.05) is 27.7 Å². The number of carbonyl (C=O) groups is 2. The van der Waals surface area contributed by atoms with Crippen molar-refractivity contribution < 1.29 is 38.7 Å². The summed E-state index contributed by atoms with van der Waals surface area (Å²) in [7, 11) is 0. The van der Waals surface area contributed by atoms with E-state index in [-0.39, 0.29) is 36.2 Å². The molecule has 0 amide bonds. The van der Waals surface area contributed by atoms with Crippen LogP contribution >= 0.6 is 0 Å². The first kappa shape index (κ1) is 21.0. The summed E-state index contributed by atoms with van der Waals surface area (Å²) in [4.78, 5) is 24.4. The molecule has 0 aromatic carbocycles. The molecule has 5 unspecified atom stereocenters. The predicted molar refractivity (Wildman–Crippen MR) is 99.3 cm³/mol. The second-order valence-electron chi connectivity index (χ2n) is 10.4. The Bertz CT molecular complexity index is 701. The van der Waals surface area contributed by atoms with Gasteiger partial charge in [0.05, 0.1) is 42.7 Å². The quantitative estimate of drug-likeness (QED) is 0.661. The third-order valence-electron chi connectivity index (χ3n) is 7.75. The van der Waals surface area contributed by atoms with Gasteiger partial charge in [-0.3, -0.25) is 9.59 Å². The minimum Gasteiger partial charge on any atom is -0.462 e. The molecule has 0 aromatic heterocycles. The molecule has 8 nitrogen and oxygen atoms in total. The van der Waals surface area contributed by atoms with Crippen LogP contribution in [0.25, 0.3) is 0 Å². The summed E-state index contributed by atoms with van der Waals surface area (Å²) in [6, 6.07) is 0. The molecule has 2 N–H and O–H groups in total. The first-order valence-corrected chi connectivity index (χ1v) is 10.4. The molecular formula is C21H32O8. The van der Waals surface area contributed by atoms with E-state index >= 15 is 0 Å². The number of ether oxygens (including phenoxy) is 4. The third-order valence-corrected chi connectivity index (χ3v) is 7.75. The van der Waals surface area contributed by atoms with Gasteiger partial charge in [-0.05, 0) is 17.8 Å². The Morgan fingerprint density at radius 2 is 2.00 bits per heavy atom. The van der Waals surface area contributed by atoms with Crippen LogP contribution in [0.4, 0.5) is 0 Å². The Labute approximate surface area is 170 Å². The van der Waals surface area contributed by atoms with Gasteiger partial charge in [-0.2, -0.15) is 0 Å². The van der Waals surface area contributed by atoms with Gasteiger partial charge in [-0.15, -0.1) is 0 Å². The summed E-state index contributed by atoms with van der Waals surface area (Å²) in [5, 5.41) is 22.3. The van der Waals surface area contributed by atoms with Gasteiger partial charge in [0.1, 0.15) is 12.2 Å². The summed E-state index contributed by atoms with van der Waals surface area (Å²) in [5.41, 5.74) is -2.23. The number of aliphatic hydroxyl groups is 2. The highest BCUT2D eigenvalue weighted by atomic mass is 16.7. The zero-order chi connectivity index (χ0) is 21.4. The highest BCUT2D eigenvalue weighted by Gasteiger charge is 2.81. The lowest BCUT2D eigenvalue weighted by Gasteiger charge is -2.48. The van der Waals surface area contributed by atoms with Gasteiger partial charge >= 0.3 is 11.9 Å². The van der Waals surface area contributed by atoms with Crippen LogP contribution in [0.5, 0.6) is 0 Å². The van der Waals surface area contributed by atoms with Gasteiger partial charge in [0.25, 0.3) is 0 Å². The highest BCUT2D eigenvalue weighted by molar-refractivity contribution is 5.74. The van der Waals surface area contributed by atoms with Gasteiger partial charge in [0, 0.05) is 12.8 Å². The largest absolute Gasteiger partial charge is 0.462 e. The fraction of sp³-hybridized carbons (Fsp3) is 0.905. The Morgan fingerprint density at radius 1 is 1.31 bits per heavy atom. The van der Waals surface area contributed by atoms with Crippen molar-refractivity contribution in [3.63, 3.8) is 0 Å². The topological polar surface area (TPSA) is 112 Å². The molecule has 4 fully saturated rings. The predicted octanol–water partition coefficient (Wildman–Crippen LogP) is 1.02. The van der Waals surface area contributed by atoms with Crippen molar-refractivity contribution in [1.82, 2.24) is 0 Å². The van der Waals surface area contributed by atoms with Gasteiger partial charge in [0.15, 0.2) is 0 Å². The van der Waals surface area contributed by atoms with E-state index in [1.807, 2.05) is 6.92 Å². The van der Waals surface area contributed by atoms with Crippen molar-refractivity contribution in [1.29, 1.82) is 0 Å². The Morgan fingerprint density at radius 3 is 2.55 bits per heavy atom. The minimum absolute atomic E-state index is 0.0671. The van der Waals surface area contributed by atoms with E-state index in [9.17, 15) is 19.8 Å².